The Hall–Kier alpha value is -1.26. The van der Waals surface area contributed by atoms with E-state index in [-0.39, 0.29) is 11.9 Å². The normalized spacial score (nSPS) is 12.4. The van der Waals surface area contributed by atoms with Gasteiger partial charge in [0.25, 0.3) is 5.91 Å². The number of hydrogen-bond acceptors (Lipinski definition) is 3. The first kappa shape index (κ1) is 16.1. The number of carbonyl (C=O) groups is 1. The lowest BCUT2D eigenvalue weighted by molar-refractivity contribution is 0.0743. The van der Waals surface area contributed by atoms with E-state index in [1.165, 1.54) is 0 Å². The van der Waals surface area contributed by atoms with Gasteiger partial charge in [0.1, 0.15) is 5.15 Å². The minimum atomic E-state index is -0.0101. The summed E-state index contributed by atoms with van der Waals surface area (Å²) in [6.07, 6.45) is 3.05. The summed E-state index contributed by atoms with van der Waals surface area (Å²) in [5, 5.41) is 1.19. The highest BCUT2D eigenvalue weighted by atomic mass is 35.5. The van der Waals surface area contributed by atoms with Crippen LogP contribution in [0.4, 0.5) is 0 Å². The molecule has 1 amide bonds. The second-order valence-corrected chi connectivity index (χ2v) is 6.43. The molecule has 1 heterocycles. The number of pyridine rings is 1. The smallest absolute Gasteiger partial charge is 0.254 e. The van der Waals surface area contributed by atoms with Crippen molar-refractivity contribution in [1.29, 1.82) is 0 Å². The van der Waals surface area contributed by atoms with Gasteiger partial charge in [0.15, 0.2) is 0 Å². The quantitative estimate of drug-likeness (QED) is 0.777. The van der Waals surface area contributed by atoms with Crippen molar-refractivity contribution in [2.45, 2.75) is 19.4 Å². The Morgan fingerprint density at radius 2 is 2.14 bits per heavy atom. The standard InChI is InChI=1S/C16H19ClN2OS/c1-11(8-9-21-3)19(2)16(20)13-10-15(17)18-14-7-5-4-6-12(13)14/h4-7,10-11H,8-9H2,1-3H3. The fourth-order valence-corrected chi connectivity index (χ4v) is 2.97. The molecule has 0 spiro atoms. The zero-order valence-electron chi connectivity index (χ0n) is 12.5. The topological polar surface area (TPSA) is 33.2 Å². The third kappa shape index (κ3) is 3.69. The molecule has 1 aromatic heterocycles. The minimum Gasteiger partial charge on any atom is -0.339 e. The number of nitrogens with zero attached hydrogens (tertiary/aromatic N) is 2. The number of benzene rings is 1. The van der Waals surface area contributed by atoms with Gasteiger partial charge in [-0.15, -0.1) is 0 Å². The second-order valence-electron chi connectivity index (χ2n) is 5.06. The molecule has 21 heavy (non-hydrogen) atoms. The highest BCUT2D eigenvalue weighted by Gasteiger charge is 2.20. The van der Waals surface area contributed by atoms with E-state index in [4.69, 9.17) is 11.6 Å². The van der Waals surface area contributed by atoms with Gasteiger partial charge in [-0.2, -0.15) is 11.8 Å². The third-order valence-electron chi connectivity index (χ3n) is 3.64. The van der Waals surface area contributed by atoms with E-state index in [0.717, 1.165) is 23.1 Å². The number of fused-ring (bicyclic) bond motifs is 1. The molecule has 0 radical (unpaired) electrons. The molecule has 0 aliphatic rings. The van der Waals surface area contributed by atoms with Crippen molar-refractivity contribution in [3.05, 3.63) is 41.0 Å². The van der Waals surface area contributed by atoms with Crippen molar-refractivity contribution in [2.75, 3.05) is 19.1 Å². The van der Waals surface area contributed by atoms with Gasteiger partial charge in [0.2, 0.25) is 0 Å². The predicted molar refractivity (Wildman–Crippen MR) is 91.3 cm³/mol. The van der Waals surface area contributed by atoms with Gasteiger partial charge in [-0.25, -0.2) is 4.98 Å². The van der Waals surface area contributed by atoms with Crippen LogP contribution in [-0.4, -0.2) is 40.9 Å². The molecule has 2 rings (SSSR count). The maximum atomic E-state index is 12.7. The summed E-state index contributed by atoms with van der Waals surface area (Å²) in [6, 6.07) is 9.43. The van der Waals surface area contributed by atoms with Crippen LogP contribution in [0.5, 0.6) is 0 Å². The van der Waals surface area contributed by atoms with Crippen molar-refractivity contribution in [3.63, 3.8) is 0 Å². The Morgan fingerprint density at radius 3 is 2.86 bits per heavy atom. The Bertz CT molecular complexity index is 647. The van der Waals surface area contributed by atoms with Crippen LogP contribution in [0.25, 0.3) is 10.9 Å². The summed E-state index contributed by atoms with van der Waals surface area (Å²) >= 11 is 7.84. The minimum absolute atomic E-state index is 0.0101. The van der Waals surface area contributed by atoms with Crippen molar-refractivity contribution in [1.82, 2.24) is 9.88 Å². The number of amides is 1. The monoisotopic (exact) mass is 322 g/mol. The lowest BCUT2D eigenvalue weighted by Crippen LogP contribution is -2.35. The molecule has 5 heteroatoms. The van der Waals surface area contributed by atoms with Crippen LogP contribution >= 0.6 is 23.4 Å². The van der Waals surface area contributed by atoms with Crippen LogP contribution in [0.2, 0.25) is 5.15 Å². The van der Waals surface area contributed by atoms with Crippen molar-refractivity contribution < 1.29 is 4.79 Å². The summed E-state index contributed by atoms with van der Waals surface area (Å²) in [7, 11) is 1.84. The molecule has 1 atom stereocenters. The predicted octanol–water partition coefficient (Wildman–Crippen LogP) is 4.10. The van der Waals surface area contributed by atoms with Gasteiger partial charge in [0.05, 0.1) is 11.1 Å². The number of rotatable bonds is 5. The average molecular weight is 323 g/mol. The van der Waals surface area contributed by atoms with Crippen LogP contribution in [-0.2, 0) is 0 Å². The van der Waals surface area contributed by atoms with Crippen LogP contribution < -0.4 is 0 Å². The van der Waals surface area contributed by atoms with E-state index < -0.39 is 0 Å². The molecule has 0 N–H and O–H groups in total. The van der Waals surface area contributed by atoms with Crippen LogP contribution in [0, 0.1) is 0 Å². The first-order valence-electron chi connectivity index (χ1n) is 6.86. The Balaban J connectivity index is 2.34. The van der Waals surface area contributed by atoms with Gasteiger partial charge in [-0.3, -0.25) is 4.79 Å². The Morgan fingerprint density at radius 1 is 1.43 bits per heavy atom. The van der Waals surface area contributed by atoms with Gasteiger partial charge in [-0.05, 0) is 37.5 Å². The molecule has 0 fully saturated rings. The number of halogens is 1. The molecular formula is C16H19ClN2OS. The molecule has 2 aromatic rings. The van der Waals surface area contributed by atoms with E-state index in [2.05, 4.69) is 18.2 Å². The number of aromatic nitrogens is 1. The van der Waals surface area contributed by atoms with Crippen LogP contribution in [0.15, 0.2) is 30.3 Å². The third-order valence-corrected chi connectivity index (χ3v) is 4.47. The lowest BCUT2D eigenvalue weighted by Gasteiger charge is -2.25. The van der Waals surface area contributed by atoms with Gasteiger partial charge < -0.3 is 4.90 Å². The van der Waals surface area contributed by atoms with Crippen LogP contribution in [0.3, 0.4) is 0 Å². The summed E-state index contributed by atoms with van der Waals surface area (Å²) in [4.78, 5) is 18.8. The zero-order chi connectivity index (χ0) is 15.4. The first-order chi connectivity index (χ1) is 10.0. The largest absolute Gasteiger partial charge is 0.339 e. The number of hydrogen-bond donors (Lipinski definition) is 0. The molecule has 0 aliphatic heterocycles. The maximum Gasteiger partial charge on any atom is 0.254 e. The fraction of sp³-hybridized carbons (Fsp3) is 0.375. The maximum absolute atomic E-state index is 12.7. The number of para-hydroxylation sites is 1. The molecule has 0 saturated heterocycles. The van der Waals surface area contributed by atoms with Gasteiger partial charge in [0, 0.05) is 18.5 Å². The molecule has 0 aliphatic carbocycles. The first-order valence-corrected chi connectivity index (χ1v) is 8.63. The average Bonchev–Trinajstić information content (AvgIpc) is 2.50. The van der Waals surface area contributed by atoms with E-state index >= 15 is 0 Å². The SMILES string of the molecule is CSCCC(C)N(C)C(=O)c1cc(Cl)nc2ccccc12. The summed E-state index contributed by atoms with van der Waals surface area (Å²) in [5.74, 6) is 1.03. The zero-order valence-corrected chi connectivity index (χ0v) is 14.0. The van der Waals surface area contributed by atoms with Crippen LogP contribution in [0.1, 0.15) is 23.7 Å². The van der Waals surface area contributed by atoms with E-state index in [0.29, 0.717) is 10.7 Å². The van der Waals surface area contributed by atoms with Crippen molar-refractivity contribution in [3.8, 4) is 0 Å². The molecule has 1 aromatic carbocycles. The summed E-state index contributed by atoms with van der Waals surface area (Å²) in [6.45, 7) is 2.07. The molecule has 1 unspecified atom stereocenters. The molecule has 0 saturated carbocycles. The highest BCUT2D eigenvalue weighted by Crippen LogP contribution is 2.23. The summed E-state index contributed by atoms with van der Waals surface area (Å²) in [5.41, 5.74) is 1.36. The number of thioether (sulfide) groups is 1. The molecular weight excluding hydrogens is 304 g/mol. The molecule has 112 valence electrons. The number of carbonyl (C=O) groups excluding carboxylic acids is 1. The summed E-state index contributed by atoms with van der Waals surface area (Å²) < 4.78 is 0. The van der Waals surface area contributed by atoms with Crippen molar-refractivity contribution in [2.24, 2.45) is 0 Å². The Labute approximate surface area is 134 Å². The van der Waals surface area contributed by atoms with Crippen molar-refractivity contribution >= 4 is 40.2 Å². The fourth-order valence-electron chi connectivity index (χ4n) is 2.19. The lowest BCUT2D eigenvalue weighted by atomic mass is 10.1. The van der Waals surface area contributed by atoms with E-state index in [1.54, 1.807) is 22.7 Å². The van der Waals surface area contributed by atoms with E-state index in [9.17, 15) is 4.79 Å². The van der Waals surface area contributed by atoms with Gasteiger partial charge in [-0.1, -0.05) is 29.8 Å². The Kier molecular flexibility index (Phi) is 5.48. The second kappa shape index (κ2) is 7.14. The molecule has 3 nitrogen and oxygen atoms in total. The van der Waals surface area contributed by atoms with E-state index in [1.807, 2.05) is 31.3 Å². The van der Waals surface area contributed by atoms with Gasteiger partial charge >= 0.3 is 0 Å². The highest BCUT2D eigenvalue weighted by molar-refractivity contribution is 7.98. The molecule has 0 bridgehead atoms.